The van der Waals surface area contributed by atoms with Crippen LogP contribution in [0, 0.1) is 0 Å². The van der Waals surface area contributed by atoms with E-state index < -0.39 is 0 Å². The number of anilines is 1. The fourth-order valence-corrected chi connectivity index (χ4v) is 4.07. The van der Waals surface area contributed by atoms with Crippen molar-refractivity contribution in [1.82, 2.24) is 19.7 Å². The van der Waals surface area contributed by atoms with Crippen LogP contribution < -0.4 is 5.32 Å². The first-order valence-electron chi connectivity index (χ1n) is 9.00. The van der Waals surface area contributed by atoms with Crippen LogP contribution in [0.2, 0.25) is 0 Å². The van der Waals surface area contributed by atoms with E-state index >= 15 is 0 Å². The third-order valence-corrected chi connectivity index (χ3v) is 5.66. The molecule has 4 heterocycles. The SMILES string of the molecule is c1ccc(C2CNc3cc(C4(c5ccccn5)CCC4)nn3C2)nc1. The summed E-state index contributed by atoms with van der Waals surface area (Å²) in [6.45, 7) is 1.77. The van der Waals surface area contributed by atoms with E-state index in [1.807, 2.05) is 24.5 Å². The molecule has 0 saturated heterocycles. The van der Waals surface area contributed by atoms with Crippen LogP contribution in [-0.2, 0) is 12.0 Å². The highest BCUT2D eigenvalue weighted by Crippen LogP contribution is 2.48. The Kier molecular flexibility index (Phi) is 3.33. The van der Waals surface area contributed by atoms with E-state index in [1.165, 1.54) is 6.42 Å². The highest BCUT2D eigenvalue weighted by Gasteiger charge is 2.44. The van der Waals surface area contributed by atoms with Crippen LogP contribution in [0.15, 0.2) is 54.9 Å². The van der Waals surface area contributed by atoms with Crippen molar-refractivity contribution in [2.24, 2.45) is 0 Å². The number of pyridine rings is 2. The molecule has 25 heavy (non-hydrogen) atoms. The summed E-state index contributed by atoms with van der Waals surface area (Å²) in [5.41, 5.74) is 3.42. The molecule has 5 nitrogen and oxygen atoms in total. The van der Waals surface area contributed by atoms with Gasteiger partial charge >= 0.3 is 0 Å². The second-order valence-electron chi connectivity index (χ2n) is 7.08. The molecule has 2 aliphatic rings. The van der Waals surface area contributed by atoms with Gasteiger partial charge in [-0.05, 0) is 37.1 Å². The predicted octanol–water partition coefficient (Wildman–Crippen LogP) is 3.35. The van der Waals surface area contributed by atoms with Gasteiger partial charge in [-0.2, -0.15) is 5.10 Å². The average Bonchev–Trinajstić information content (AvgIpc) is 3.05. The minimum Gasteiger partial charge on any atom is -0.370 e. The maximum absolute atomic E-state index is 4.98. The first kappa shape index (κ1) is 14.6. The quantitative estimate of drug-likeness (QED) is 0.799. The average molecular weight is 331 g/mol. The second-order valence-corrected chi connectivity index (χ2v) is 7.08. The van der Waals surface area contributed by atoms with Gasteiger partial charge in [0, 0.05) is 36.6 Å². The van der Waals surface area contributed by atoms with Gasteiger partial charge in [0.2, 0.25) is 0 Å². The van der Waals surface area contributed by atoms with Crippen molar-refractivity contribution in [1.29, 1.82) is 0 Å². The number of fused-ring (bicyclic) bond motifs is 1. The molecule has 1 aliphatic heterocycles. The third-order valence-electron chi connectivity index (χ3n) is 5.66. The molecule has 1 saturated carbocycles. The van der Waals surface area contributed by atoms with Gasteiger partial charge in [-0.25, -0.2) is 4.68 Å². The normalized spacial score (nSPS) is 21.0. The van der Waals surface area contributed by atoms with Crippen molar-refractivity contribution in [2.45, 2.75) is 37.1 Å². The Hall–Kier alpha value is -2.69. The van der Waals surface area contributed by atoms with Gasteiger partial charge in [-0.3, -0.25) is 9.97 Å². The van der Waals surface area contributed by atoms with E-state index in [0.717, 1.165) is 48.8 Å². The zero-order valence-corrected chi connectivity index (χ0v) is 14.1. The number of hydrogen-bond acceptors (Lipinski definition) is 4. The van der Waals surface area contributed by atoms with Crippen LogP contribution in [-0.4, -0.2) is 26.3 Å². The highest BCUT2D eigenvalue weighted by atomic mass is 15.3. The van der Waals surface area contributed by atoms with Gasteiger partial charge in [0.1, 0.15) is 5.82 Å². The second kappa shape index (κ2) is 5.69. The van der Waals surface area contributed by atoms with Crippen molar-refractivity contribution in [3.05, 3.63) is 71.9 Å². The molecule has 3 aromatic heterocycles. The summed E-state index contributed by atoms with van der Waals surface area (Å²) in [5.74, 6) is 1.47. The van der Waals surface area contributed by atoms with Crippen molar-refractivity contribution < 1.29 is 0 Å². The van der Waals surface area contributed by atoms with Gasteiger partial charge in [-0.15, -0.1) is 0 Å². The summed E-state index contributed by atoms with van der Waals surface area (Å²) in [7, 11) is 0. The van der Waals surface area contributed by atoms with Crippen LogP contribution in [0.3, 0.4) is 0 Å². The van der Waals surface area contributed by atoms with E-state index in [4.69, 9.17) is 5.10 Å². The number of nitrogens with zero attached hydrogens (tertiary/aromatic N) is 4. The van der Waals surface area contributed by atoms with Gasteiger partial charge in [0.15, 0.2) is 0 Å². The number of rotatable bonds is 3. The lowest BCUT2D eigenvalue weighted by molar-refractivity contribution is 0.282. The van der Waals surface area contributed by atoms with E-state index in [-0.39, 0.29) is 5.41 Å². The van der Waals surface area contributed by atoms with Crippen LogP contribution in [0.1, 0.15) is 42.3 Å². The van der Waals surface area contributed by atoms with Gasteiger partial charge in [0.25, 0.3) is 0 Å². The monoisotopic (exact) mass is 331 g/mol. The molecule has 0 radical (unpaired) electrons. The Morgan fingerprint density at radius 1 is 1.00 bits per heavy atom. The molecule has 0 amide bonds. The molecule has 0 spiro atoms. The first-order chi connectivity index (χ1) is 12.4. The molecule has 0 bridgehead atoms. The fourth-order valence-electron chi connectivity index (χ4n) is 4.07. The predicted molar refractivity (Wildman–Crippen MR) is 96.6 cm³/mol. The van der Waals surface area contributed by atoms with E-state index in [1.54, 1.807) is 0 Å². The van der Waals surface area contributed by atoms with Crippen molar-refractivity contribution in [3.63, 3.8) is 0 Å². The van der Waals surface area contributed by atoms with Crippen LogP contribution >= 0.6 is 0 Å². The number of hydrogen-bond donors (Lipinski definition) is 1. The van der Waals surface area contributed by atoms with Crippen molar-refractivity contribution in [2.75, 3.05) is 11.9 Å². The van der Waals surface area contributed by atoms with Crippen LogP contribution in [0.25, 0.3) is 0 Å². The summed E-state index contributed by atoms with van der Waals surface area (Å²) in [4.78, 5) is 9.15. The number of aromatic nitrogens is 4. The Labute approximate surface area is 147 Å². The Morgan fingerprint density at radius 3 is 2.52 bits per heavy atom. The summed E-state index contributed by atoms with van der Waals surface area (Å²) in [6, 6.07) is 14.5. The molecule has 1 atom stereocenters. The minimum absolute atomic E-state index is 0.00618. The lowest BCUT2D eigenvalue weighted by Crippen LogP contribution is -2.37. The molecule has 1 aliphatic carbocycles. The summed E-state index contributed by atoms with van der Waals surface area (Å²) in [5, 5.41) is 8.53. The molecule has 5 rings (SSSR count). The summed E-state index contributed by atoms with van der Waals surface area (Å²) >= 11 is 0. The van der Waals surface area contributed by atoms with E-state index in [2.05, 4.69) is 50.3 Å². The van der Waals surface area contributed by atoms with E-state index in [9.17, 15) is 0 Å². The Bertz CT molecular complexity index is 868. The molecule has 1 N–H and O–H groups in total. The molecule has 0 aromatic carbocycles. The summed E-state index contributed by atoms with van der Waals surface area (Å²) in [6.07, 6.45) is 7.25. The van der Waals surface area contributed by atoms with Crippen molar-refractivity contribution in [3.8, 4) is 0 Å². The van der Waals surface area contributed by atoms with Crippen LogP contribution in [0.4, 0.5) is 5.82 Å². The third kappa shape index (κ3) is 2.34. The maximum Gasteiger partial charge on any atom is 0.124 e. The van der Waals surface area contributed by atoms with Crippen LogP contribution in [0.5, 0.6) is 0 Å². The van der Waals surface area contributed by atoms with Crippen molar-refractivity contribution >= 4 is 5.82 Å². The largest absolute Gasteiger partial charge is 0.370 e. The van der Waals surface area contributed by atoms with E-state index in [0.29, 0.717) is 5.92 Å². The molecular formula is C20H21N5. The van der Waals surface area contributed by atoms with Gasteiger partial charge in [-0.1, -0.05) is 18.6 Å². The molecule has 126 valence electrons. The fraction of sp³-hybridized carbons (Fsp3) is 0.350. The lowest BCUT2D eigenvalue weighted by atomic mass is 9.64. The summed E-state index contributed by atoms with van der Waals surface area (Å²) < 4.78 is 2.11. The minimum atomic E-state index is -0.00618. The zero-order chi connectivity index (χ0) is 16.7. The molecule has 3 aromatic rings. The highest BCUT2D eigenvalue weighted by molar-refractivity contribution is 5.45. The van der Waals surface area contributed by atoms with Gasteiger partial charge < -0.3 is 5.32 Å². The molecular weight excluding hydrogens is 310 g/mol. The smallest absolute Gasteiger partial charge is 0.124 e. The number of nitrogens with one attached hydrogen (secondary N) is 1. The maximum atomic E-state index is 4.98. The topological polar surface area (TPSA) is 55.6 Å². The zero-order valence-electron chi connectivity index (χ0n) is 14.1. The Morgan fingerprint density at radius 2 is 1.84 bits per heavy atom. The first-order valence-corrected chi connectivity index (χ1v) is 9.00. The molecule has 1 unspecified atom stereocenters. The lowest BCUT2D eigenvalue weighted by Gasteiger charge is -2.39. The molecule has 5 heteroatoms. The Balaban J connectivity index is 1.48. The van der Waals surface area contributed by atoms with Gasteiger partial charge in [0.05, 0.1) is 23.3 Å². The molecule has 1 fully saturated rings. The standard InChI is InChI=1S/C20H21N5/c1-3-10-21-16(6-1)15-13-23-19-12-18(24-25(19)14-15)20(8-5-9-20)17-7-2-4-11-22-17/h1-4,6-7,10-12,15,23H,5,8-9,13-14H2.